The second kappa shape index (κ2) is 7.05. The van der Waals surface area contributed by atoms with Gasteiger partial charge in [0.2, 0.25) is 0 Å². The van der Waals surface area contributed by atoms with Crippen molar-refractivity contribution in [2.24, 2.45) is 0 Å². The number of anilines is 1. The maximum Gasteiger partial charge on any atom is 0.271 e. The van der Waals surface area contributed by atoms with Crippen LogP contribution >= 0.6 is 0 Å². The minimum absolute atomic E-state index is 0.0956. The van der Waals surface area contributed by atoms with Gasteiger partial charge in [-0.1, -0.05) is 19.8 Å². The molecule has 1 aliphatic heterocycles. The smallest absolute Gasteiger partial charge is 0.271 e. The summed E-state index contributed by atoms with van der Waals surface area (Å²) in [5.41, 5.74) is 0.419. The van der Waals surface area contributed by atoms with Crippen molar-refractivity contribution in [1.82, 2.24) is 20.2 Å². The summed E-state index contributed by atoms with van der Waals surface area (Å²) in [6.07, 6.45) is 7.91. The molecule has 2 fully saturated rings. The lowest BCUT2D eigenvalue weighted by Gasteiger charge is -2.34. The molecule has 0 radical (unpaired) electrons. The van der Waals surface area contributed by atoms with E-state index in [1.54, 1.807) is 12.4 Å². The predicted octanol–water partition coefficient (Wildman–Crippen LogP) is 1.29. The number of carbonyl (C=O) groups is 1. The molecule has 0 bridgehead atoms. The molecule has 1 saturated heterocycles. The molecule has 6 heteroatoms. The van der Waals surface area contributed by atoms with E-state index in [0.29, 0.717) is 11.7 Å². The number of carbonyl (C=O) groups excluding carboxylic acids is 1. The Morgan fingerprint density at radius 1 is 1.18 bits per heavy atom. The minimum atomic E-state index is -0.0956. The molecule has 1 aliphatic carbocycles. The van der Waals surface area contributed by atoms with E-state index in [2.05, 4.69) is 32.0 Å². The number of aromatic nitrogens is 2. The van der Waals surface area contributed by atoms with Gasteiger partial charge in [-0.25, -0.2) is 9.97 Å². The second-order valence-corrected chi connectivity index (χ2v) is 6.14. The summed E-state index contributed by atoms with van der Waals surface area (Å²) < 4.78 is 0. The summed E-state index contributed by atoms with van der Waals surface area (Å²) in [7, 11) is 0. The zero-order chi connectivity index (χ0) is 15.4. The molecule has 0 unspecified atom stereocenters. The molecule has 0 aromatic carbocycles. The van der Waals surface area contributed by atoms with Crippen molar-refractivity contribution in [2.45, 2.75) is 38.6 Å². The summed E-state index contributed by atoms with van der Waals surface area (Å²) in [5, 5.41) is 3.05. The molecular weight excluding hydrogens is 278 g/mol. The third kappa shape index (κ3) is 3.55. The molecule has 1 aromatic rings. The Morgan fingerprint density at radius 3 is 2.50 bits per heavy atom. The van der Waals surface area contributed by atoms with Crippen LogP contribution in [0.4, 0.5) is 5.82 Å². The van der Waals surface area contributed by atoms with E-state index in [1.807, 2.05) is 0 Å². The van der Waals surface area contributed by atoms with Gasteiger partial charge in [-0.2, -0.15) is 0 Å². The van der Waals surface area contributed by atoms with E-state index in [0.717, 1.165) is 51.4 Å². The largest absolute Gasteiger partial charge is 0.353 e. The first kappa shape index (κ1) is 15.2. The van der Waals surface area contributed by atoms with Crippen molar-refractivity contribution in [1.29, 1.82) is 0 Å². The van der Waals surface area contributed by atoms with E-state index >= 15 is 0 Å². The third-order valence-electron chi connectivity index (χ3n) is 4.70. The highest BCUT2D eigenvalue weighted by Crippen LogP contribution is 2.18. The van der Waals surface area contributed by atoms with Crippen LogP contribution in [0.3, 0.4) is 0 Å². The Labute approximate surface area is 131 Å². The van der Waals surface area contributed by atoms with Gasteiger partial charge in [-0.3, -0.25) is 4.79 Å². The van der Waals surface area contributed by atoms with E-state index in [4.69, 9.17) is 0 Å². The summed E-state index contributed by atoms with van der Waals surface area (Å²) in [6, 6.07) is 0.316. The Morgan fingerprint density at radius 2 is 1.91 bits per heavy atom. The lowest BCUT2D eigenvalue weighted by molar-refractivity contribution is 0.0932. The van der Waals surface area contributed by atoms with Crippen molar-refractivity contribution in [2.75, 3.05) is 37.6 Å². The molecule has 1 aromatic heterocycles. The molecule has 2 heterocycles. The van der Waals surface area contributed by atoms with E-state index in [9.17, 15) is 4.79 Å². The Kier molecular flexibility index (Phi) is 4.87. The molecule has 1 N–H and O–H groups in total. The highest BCUT2D eigenvalue weighted by molar-refractivity contribution is 5.92. The molecule has 22 heavy (non-hydrogen) atoms. The van der Waals surface area contributed by atoms with Gasteiger partial charge < -0.3 is 15.1 Å². The molecule has 3 rings (SSSR count). The molecule has 1 saturated carbocycles. The van der Waals surface area contributed by atoms with Crippen molar-refractivity contribution < 1.29 is 4.79 Å². The standard InChI is InChI=1S/C16H25N5O/c1-2-20-7-9-21(10-8-20)15-12-17-14(11-18-15)16(22)19-13-5-3-4-6-13/h11-13H,2-10H2,1H3,(H,19,22). The van der Waals surface area contributed by atoms with Crippen LogP contribution in [0.2, 0.25) is 0 Å². The van der Waals surface area contributed by atoms with Crippen LogP contribution in [0.15, 0.2) is 12.4 Å². The molecular formula is C16H25N5O. The summed E-state index contributed by atoms with van der Waals surface area (Å²) in [4.78, 5) is 25.5. The number of nitrogens with zero attached hydrogens (tertiary/aromatic N) is 4. The fourth-order valence-corrected chi connectivity index (χ4v) is 3.22. The quantitative estimate of drug-likeness (QED) is 0.908. The molecule has 1 amide bonds. The van der Waals surface area contributed by atoms with Gasteiger partial charge in [0.1, 0.15) is 11.5 Å². The normalized spacial score (nSPS) is 20.3. The zero-order valence-corrected chi connectivity index (χ0v) is 13.3. The molecule has 6 nitrogen and oxygen atoms in total. The number of amides is 1. The predicted molar refractivity (Wildman–Crippen MR) is 86.1 cm³/mol. The summed E-state index contributed by atoms with van der Waals surface area (Å²) in [6.45, 7) is 7.34. The molecule has 120 valence electrons. The molecule has 0 spiro atoms. The van der Waals surface area contributed by atoms with Gasteiger partial charge in [0.05, 0.1) is 12.4 Å². The van der Waals surface area contributed by atoms with Crippen LogP contribution in [0.25, 0.3) is 0 Å². The number of likely N-dealkylation sites (N-methyl/N-ethyl adjacent to an activating group) is 1. The number of piperazine rings is 1. The monoisotopic (exact) mass is 303 g/mol. The zero-order valence-electron chi connectivity index (χ0n) is 13.3. The number of nitrogens with one attached hydrogen (secondary N) is 1. The van der Waals surface area contributed by atoms with Gasteiger partial charge >= 0.3 is 0 Å². The fraction of sp³-hybridized carbons (Fsp3) is 0.688. The first-order valence-corrected chi connectivity index (χ1v) is 8.36. The van der Waals surface area contributed by atoms with Gasteiger partial charge in [-0.15, -0.1) is 0 Å². The maximum atomic E-state index is 12.1. The van der Waals surface area contributed by atoms with Gasteiger partial charge in [-0.05, 0) is 19.4 Å². The van der Waals surface area contributed by atoms with Crippen LogP contribution in [0.1, 0.15) is 43.1 Å². The first-order chi connectivity index (χ1) is 10.8. The topological polar surface area (TPSA) is 61.4 Å². The molecule has 0 atom stereocenters. The minimum Gasteiger partial charge on any atom is -0.353 e. The van der Waals surface area contributed by atoms with Crippen molar-refractivity contribution in [3.05, 3.63) is 18.1 Å². The lowest BCUT2D eigenvalue weighted by Crippen LogP contribution is -2.46. The maximum absolute atomic E-state index is 12.1. The third-order valence-corrected chi connectivity index (χ3v) is 4.70. The van der Waals surface area contributed by atoms with Crippen molar-refractivity contribution >= 4 is 11.7 Å². The van der Waals surface area contributed by atoms with Gasteiger partial charge in [0.15, 0.2) is 0 Å². The second-order valence-electron chi connectivity index (χ2n) is 6.14. The number of rotatable bonds is 4. The van der Waals surface area contributed by atoms with Crippen LogP contribution in [0, 0.1) is 0 Å². The highest BCUT2D eigenvalue weighted by Gasteiger charge is 2.20. The number of hydrogen-bond donors (Lipinski definition) is 1. The summed E-state index contributed by atoms with van der Waals surface area (Å²) >= 11 is 0. The van der Waals surface area contributed by atoms with E-state index in [1.165, 1.54) is 12.8 Å². The lowest BCUT2D eigenvalue weighted by atomic mass is 10.2. The highest BCUT2D eigenvalue weighted by atomic mass is 16.1. The van der Waals surface area contributed by atoms with Crippen LogP contribution < -0.4 is 10.2 Å². The van der Waals surface area contributed by atoms with Gasteiger partial charge in [0.25, 0.3) is 5.91 Å². The molecule has 2 aliphatic rings. The fourth-order valence-electron chi connectivity index (χ4n) is 3.22. The van der Waals surface area contributed by atoms with Crippen molar-refractivity contribution in [3.63, 3.8) is 0 Å². The van der Waals surface area contributed by atoms with E-state index in [-0.39, 0.29) is 5.91 Å². The first-order valence-electron chi connectivity index (χ1n) is 8.36. The Hall–Kier alpha value is -1.69. The van der Waals surface area contributed by atoms with Crippen LogP contribution in [-0.4, -0.2) is 59.5 Å². The van der Waals surface area contributed by atoms with E-state index < -0.39 is 0 Å². The average molecular weight is 303 g/mol. The van der Waals surface area contributed by atoms with Crippen molar-refractivity contribution in [3.8, 4) is 0 Å². The summed E-state index contributed by atoms with van der Waals surface area (Å²) in [5.74, 6) is 0.773. The Bertz CT molecular complexity index is 490. The van der Waals surface area contributed by atoms with Crippen LogP contribution in [-0.2, 0) is 0 Å². The number of hydrogen-bond acceptors (Lipinski definition) is 5. The SMILES string of the molecule is CCN1CCN(c2cnc(C(=O)NC3CCCC3)cn2)CC1. The van der Waals surface area contributed by atoms with Gasteiger partial charge in [0, 0.05) is 32.2 Å². The average Bonchev–Trinajstić information content (AvgIpc) is 3.08. The Balaban J connectivity index is 1.56. The van der Waals surface area contributed by atoms with Crippen LogP contribution in [0.5, 0.6) is 0 Å².